The number of nitrogens with zero attached hydrogens (tertiary/aromatic N) is 1. The van der Waals surface area contributed by atoms with Crippen molar-refractivity contribution in [3.63, 3.8) is 0 Å². The van der Waals surface area contributed by atoms with Crippen LogP contribution in [0.4, 0.5) is 20.1 Å². The number of alkyl carbamates (subject to hydrolysis) is 1. The molecule has 13 nitrogen and oxygen atoms in total. The third-order valence-electron chi connectivity index (χ3n) is 5.75. The van der Waals surface area contributed by atoms with E-state index in [0.717, 1.165) is 4.90 Å². The molecule has 0 bridgehead atoms. The van der Waals surface area contributed by atoms with Crippen molar-refractivity contribution in [1.29, 1.82) is 0 Å². The Balaban J connectivity index is 3.18. The fraction of sp³-hybridized carbons (Fsp3) is 0.536. The average molecular weight is 609 g/mol. The third-order valence-corrected chi connectivity index (χ3v) is 6.04. The number of amides is 6. The zero-order chi connectivity index (χ0) is 32.0. The second kappa shape index (κ2) is 16.9. The van der Waals surface area contributed by atoms with E-state index >= 15 is 0 Å². The van der Waals surface area contributed by atoms with E-state index in [9.17, 15) is 29.1 Å². The zero-order valence-corrected chi connectivity index (χ0v) is 25.3. The van der Waals surface area contributed by atoms with Crippen LogP contribution in [0.3, 0.4) is 0 Å². The molecule has 2 atom stereocenters. The first-order valence-corrected chi connectivity index (χ1v) is 13.8. The summed E-state index contributed by atoms with van der Waals surface area (Å²) in [6.07, 6.45) is 3.71. The average Bonchev–Trinajstić information content (AvgIpc) is 2.87. The number of hydrogen-bond acceptors (Lipinski definition) is 6. The van der Waals surface area contributed by atoms with Crippen LogP contribution in [0.15, 0.2) is 18.2 Å². The monoisotopic (exact) mass is 608 g/mol. The molecule has 0 heterocycles. The van der Waals surface area contributed by atoms with Gasteiger partial charge in [0.2, 0.25) is 11.8 Å². The van der Waals surface area contributed by atoms with Crippen LogP contribution < -0.4 is 27.0 Å². The highest BCUT2D eigenvalue weighted by molar-refractivity contribution is 6.17. The van der Waals surface area contributed by atoms with Gasteiger partial charge >= 0.3 is 18.2 Å². The SMILES string of the molecule is C#CCN(Cc1cc(NC(=O)C(CCCNC(N)=O)NC(=O)C(NC(=O)OC(C)(C)C)C(C)C)ccc1CCl)C(=O)O. The van der Waals surface area contributed by atoms with Crippen molar-refractivity contribution in [3.05, 3.63) is 29.3 Å². The van der Waals surface area contributed by atoms with E-state index in [1.54, 1.807) is 52.8 Å². The van der Waals surface area contributed by atoms with Gasteiger partial charge < -0.3 is 36.8 Å². The molecule has 6 amide bonds. The summed E-state index contributed by atoms with van der Waals surface area (Å²) in [4.78, 5) is 62.6. The Morgan fingerprint density at radius 2 is 1.79 bits per heavy atom. The predicted octanol–water partition coefficient (Wildman–Crippen LogP) is 2.96. The molecule has 1 aromatic rings. The number of hydrogen-bond donors (Lipinski definition) is 6. The van der Waals surface area contributed by atoms with E-state index in [1.165, 1.54) is 0 Å². The minimum Gasteiger partial charge on any atom is -0.465 e. The van der Waals surface area contributed by atoms with Gasteiger partial charge in [0.1, 0.15) is 17.7 Å². The lowest BCUT2D eigenvalue weighted by Crippen LogP contribution is -2.55. The van der Waals surface area contributed by atoms with E-state index in [4.69, 9.17) is 28.5 Å². The van der Waals surface area contributed by atoms with Crippen molar-refractivity contribution in [2.45, 2.75) is 77.6 Å². The fourth-order valence-corrected chi connectivity index (χ4v) is 4.00. The van der Waals surface area contributed by atoms with Gasteiger partial charge in [-0.25, -0.2) is 14.4 Å². The van der Waals surface area contributed by atoms with Gasteiger partial charge in [0.25, 0.3) is 0 Å². The third kappa shape index (κ3) is 13.0. The van der Waals surface area contributed by atoms with Gasteiger partial charge in [-0.2, -0.15) is 0 Å². The molecule has 0 spiro atoms. The highest BCUT2D eigenvalue weighted by Crippen LogP contribution is 2.21. The molecule has 0 aliphatic heterocycles. The number of urea groups is 1. The van der Waals surface area contributed by atoms with Crippen LogP contribution in [0.25, 0.3) is 0 Å². The van der Waals surface area contributed by atoms with E-state index < -0.39 is 47.7 Å². The summed E-state index contributed by atoms with van der Waals surface area (Å²) in [6.45, 7) is 8.49. The van der Waals surface area contributed by atoms with Crippen molar-refractivity contribution in [2.24, 2.45) is 11.7 Å². The summed E-state index contributed by atoms with van der Waals surface area (Å²) in [6, 6.07) is 2.02. The lowest BCUT2D eigenvalue weighted by Gasteiger charge is -2.27. The molecule has 7 N–H and O–H groups in total. The molecule has 0 radical (unpaired) electrons. The molecular formula is C28H41ClN6O7. The number of ether oxygens (including phenoxy) is 1. The molecule has 14 heteroatoms. The van der Waals surface area contributed by atoms with E-state index in [2.05, 4.69) is 27.2 Å². The maximum Gasteiger partial charge on any atom is 0.408 e. The van der Waals surface area contributed by atoms with Gasteiger partial charge in [0, 0.05) is 18.1 Å². The fourth-order valence-electron chi connectivity index (χ4n) is 3.74. The summed E-state index contributed by atoms with van der Waals surface area (Å²) in [7, 11) is 0. The first kappa shape index (κ1) is 35.8. The lowest BCUT2D eigenvalue weighted by atomic mass is 10.0. The summed E-state index contributed by atoms with van der Waals surface area (Å²) < 4.78 is 5.27. The molecule has 232 valence electrons. The van der Waals surface area contributed by atoms with E-state index in [1.807, 2.05) is 0 Å². The number of nitrogens with two attached hydrogens (primary N) is 1. The van der Waals surface area contributed by atoms with Gasteiger partial charge in [-0.15, -0.1) is 18.0 Å². The van der Waals surface area contributed by atoms with Crippen LogP contribution in [0.2, 0.25) is 0 Å². The van der Waals surface area contributed by atoms with Crippen LogP contribution >= 0.6 is 11.6 Å². The Kier molecular flexibility index (Phi) is 14.5. The Morgan fingerprint density at radius 3 is 2.31 bits per heavy atom. The van der Waals surface area contributed by atoms with Gasteiger partial charge in [-0.05, 0) is 62.8 Å². The number of primary amides is 1. The standard InChI is InChI=1S/C28H41ClN6O7/c1-7-13-35(27(40)41)16-19-14-20(11-10-18(19)15-29)32-23(36)21(9-8-12-31-25(30)38)33-24(37)22(17(2)3)34-26(39)42-28(4,5)6/h1,10-11,14,17,21-22H,8-9,12-13,15-16H2,2-6H3,(H,32,36)(H,33,37)(H,34,39)(H,40,41)(H3,30,31,38). The normalized spacial score (nSPS) is 12.3. The van der Waals surface area contributed by atoms with Crippen molar-refractivity contribution in [2.75, 3.05) is 18.4 Å². The summed E-state index contributed by atoms with van der Waals surface area (Å²) in [5.74, 6) is 0.859. The minimum absolute atomic E-state index is 0.0589. The molecule has 0 aromatic heterocycles. The van der Waals surface area contributed by atoms with Crippen LogP contribution in [0.1, 0.15) is 58.6 Å². The van der Waals surface area contributed by atoms with Crippen molar-refractivity contribution in [3.8, 4) is 12.3 Å². The second-order valence-electron chi connectivity index (χ2n) is 10.8. The second-order valence-corrected chi connectivity index (χ2v) is 11.1. The Bertz CT molecular complexity index is 1160. The van der Waals surface area contributed by atoms with Gasteiger partial charge in [0.15, 0.2) is 0 Å². The molecule has 0 saturated heterocycles. The number of halogens is 1. The van der Waals surface area contributed by atoms with Gasteiger partial charge in [-0.1, -0.05) is 25.8 Å². The number of carbonyl (C=O) groups is 5. The molecule has 0 saturated carbocycles. The van der Waals surface area contributed by atoms with Crippen LogP contribution in [-0.2, 0) is 26.8 Å². The topological polar surface area (TPSA) is 192 Å². The largest absolute Gasteiger partial charge is 0.465 e. The molecule has 1 aromatic carbocycles. The van der Waals surface area contributed by atoms with Crippen LogP contribution in [0, 0.1) is 18.3 Å². The van der Waals surface area contributed by atoms with Gasteiger partial charge in [0.05, 0.1) is 13.1 Å². The van der Waals surface area contributed by atoms with Crippen molar-refractivity contribution < 1.29 is 33.8 Å². The van der Waals surface area contributed by atoms with E-state index in [0.29, 0.717) is 23.2 Å². The predicted molar refractivity (Wildman–Crippen MR) is 159 cm³/mol. The van der Waals surface area contributed by atoms with Crippen molar-refractivity contribution >= 4 is 47.3 Å². The molecular weight excluding hydrogens is 568 g/mol. The quantitative estimate of drug-likeness (QED) is 0.106. The molecule has 0 fully saturated rings. The number of anilines is 1. The number of alkyl halides is 1. The maximum atomic E-state index is 13.4. The smallest absolute Gasteiger partial charge is 0.408 e. The number of rotatable bonds is 14. The first-order chi connectivity index (χ1) is 19.6. The molecule has 42 heavy (non-hydrogen) atoms. The lowest BCUT2D eigenvalue weighted by molar-refractivity contribution is -0.128. The maximum absolute atomic E-state index is 13.4. The first-order valence-electron chi connectivity index (χ1n) is 13.3. The summed E-state index contributed by atoms with van der Waals surface area (Å²) in [5, 5.41) is 19.8. The van der Waals surface area contributed by atoms with Gasteiger partial charge in [-0.3, -0.25) is 14.5 Å². The molecule has 0 aliphatic rings. The zero-order valence-electron chi connectivity index (χ0n) is 24.6. The van der Waals surface area contributed by atoms with Crippen LogP contribution in [0.5, 0.6) is 0 Å². The Labute approximate surface area is 251 Å². The number of carbonyl (C=O) groups excluding carboxylic acids is 4. The molecule has 1 rings (SSSR count). The Morgan fingerprint density at radius 1 is 1.12 bits per heavy atom. The Hall–Kier alpha value is -4.18. The summed E-state index contributed by atoms with van der Waals surface area (Å²) in [5.41, 5.74) is 5.85. The summed E-state index contributed by atoms with van der Waals surface area (Å²) >= 11 is 6.04. The minimum atomic E-state index is -1.21. The molecule has 0 aliphatic carbocycles. The number of benzene rings is 1. The van der Waals surface area contributed by atoms with Crippen LogP contribution in [-0.4, -0.2) is 70.8 Å². The number of terminal acetylenes is 1. The number of carboxylic acid groups (broad SMARTS) is 1. The number of nitrogens with one attached hydrogen (secondary N) is 4. The highest BCUT2D eigenvalue weighted by atomic mass is 35.5. The van der Waals surface area contributed by atoms with E-state index in [-0.39, 0.29) is 37.9 Å². The highest BCUT2D eigenvalue weighted by Gasteiger charge is 2.30. The van der Waals surface area contributed by atoms with Crippen molar-refractivity contribution in [1.82, 2.24) is 20.9 Å². The molecule has 2 unspecified atom stereocenters.